The van der Waals surface area contributed by atoms with Crippen LogP contribution in [0.25, 0.3) is 0 Å². The van der Waals surface area contributed by atoms with Gasteiger partial charge in [-0.2, -0.15) is 0 Å². The Balaban J connectivity index is 1.33. The number of anilines is 2. The van der Waals surface area contributed by atoms with Crippen molar-refractivity contribution in [2.45, 2.75) is 58.4 Å². The number of benzene rings is 1. The van der Waals surface area contributed by atoms with E-state index in [0.29, 0.717) is 16.4 Å². The summed E-state index contributed by atoms with van der Waals surface area (Å²) in [7, 11) is 0. The Kier molecular flexibility index (Phi) is 7.35. The van der Waals surface area contributed by atoms with Crippen molar-refractivity contribution in [3.05, 3.63) is 40.9 Å². The van der Waals surface area contributed by atoms with Crippen molar-refractivity contribution in [1.82, 2.24) is 9.88 Å². The first-order valence-electron chi connectivity index (χ1n) is 11.5. The van der Waals surface area contributed by atoms with Crippen LogP contribution in [-0.4, -0.2) is 34.8 Å². The zero-order chi connectivity index (χ0) is 21.6. The summed E-state index contributed by atoms with van der Waals surface area (Å²) in [5.74, 6) is 0.676. The van der Waals surface area contributed by atoms with E-state index in [1.54, 1.807) is 18.2 Å². The number of rotatable bonds is 6. The van der Waals surface area contributed by atoms with Crippen LogP contribution in [0.2, 0.25) is 0 Å². The van der Waals surface area contributed by atoms with Crippen LogP contribution < -0.4 is 10.6 Å². The molecule has 2 N–H and O–H groups in total. The van der Waals surface area contributed by atoms with Crippen LogP contribution >= 0.6 is 11.3 Å². The van der Waals surface area contributed by atoms with Crippen molar-refractivity contribution in [2.75, 3.05) is 23.7 Å². The highest BCUT2D eigenvalue weighted by Crippen LogP contribution is 2.25. The standard InChI is InChI=1S/C24H32N4O2S/c1-17-7-6-12-28(14-17)15-21-16-31-24(26-21)27-23(30)19-10-5-11-20(13-19)25-22(29)18-8-3-2-4-9-18/h5,10-11,13,16-18H,2-4,6-9,12,14-15H2,1H3,(H,25,29)(H,26,27,30). The summed E-state index contributed by atoms with van der Waals surface area (Å²) >= 11 is 1.46. The molecule has 1 aliphatic carbocycles. The topological polar surface area (TPSA) is 74.3 Å². The number of hydrogen-bond acceptors (Lipinski definition) is 5. The molecule has 1 aromatic heterocycles. The van der Waals surface area contributed by atoms with Gasteiger partial charge in [0.25, 0.3) is 5.91 Å². The fourth-order valence-corrected chi connectivity index (χ4v) is 5.31. The minimum atomic E-state index is -0.207. The first-order valence-corrected chi connectivity index (χ1v) is 12.3. The molecule has 2 heterocycles. The molecule has 4 rings (SSSR count). The highest BCUT2D eigenvalue weighted by molar-refractivity contribution is 7.14. The molecule has 0 spiro atoms. The molecule has 0 radical (unpaired) electrons. The van der Waals surface area contributed by atoms with Crippen LogP contribution in [0.3, 0.4) is 0 Å². The Hall–Kier alpha value is -2.25. The Morgan fingerprint density at radius 3 is 2.77 bits per heavy atom. The Bertz CT molecular complexity index is 906. The molecular formula is C24H32N4O2S. The van der Waals surface area contributed by atoms with Gasteiger partial charge in [-0.15, -0.1) is 11.3 Å². The van der Waals surface area contributed by atoms with E-state index in [1.165, 1.54) is 30.6 Å². The van der Waals surface area contributed by atoms with Gasteiger partial charge < -0.3 is 5.32 Å². The fraction of sp³-hybridized carbons (Fsp3) is 0.542. The van der Waals surface area contributed by atoms with Crippen molar-refractivity contribution in [2.24, 2.45) is 11.8 Å². The molecule has 0 bridgehead atoms. The van der Waals surface area contributed by atoms with Gasteiger partial charge in [0.15, 0.2) is 5.13 Å². The Labute approximate surface area is 188 Å². The quantitative estimate of drug-likeness (QED) is 0.652. The zero-order valence-electron chi connectivity index (χ0n) is 18.2. The first kappa shape index (κ1) is 22.0. The number of thiazole rings is 1. The second-order valence-electron chi connectivity index (χ2n) is 8.99. The smallest absolute Gasteiger partial charge is 0.257 e. The van der Waals surface area contributed by atoms with Crippen molar-refractivity contribution in [3.63, 3.8) is 0 Å². The van der Waals surface area contributed by atoms with E-state index < -0.39 is 0 Å². The van der Waals surface area contributed by atoms with Crippen molar-refractivity contribution >= 4 is 34.0 Å². The SMILES string of the molecule is CC1CCCN(Cc2csc(NC(=O)c3cccc(NC(=O)C4CCCCC4)c3)n2)C1. The summed E-state index contributed by atoms with van der Waals surface area (Å²) in [5.41, 5.74) is 2.19. The number of carbonyl (C=O) groups excluding carboxylic acids is 2. The van der Waals surface area contributed by atoms with Crippen LogP contribution in [0.4, 0.5) is 10.8 Å². The third-order valence-corrected chi connectivity index (χ3v) is 7.07. The van der Waals surface area contributed by atoms with E-state index in [9.17, 15) is 9.59 Å². The van der Waals surface area contributed by atoms with Crippen LogP contribution in [0.15, 0.2) is 29.6 Å². The number of nitrogens with zero attached hydrogens (tertiary/aromatic N) is 2. The third kappa shape index (κ3) is 6.14. The lowest BCUT2D eigenvalue weighted by molar-refractivity contribution is -0.120. The van der Waals surface area contributed by atoms with Gasteiger partial charge in [0.2, 0.25) is 5.91 Å². The second kappa shape index (κ2) is 10.4. The lowest BCUT2D eigenvalue weighted by atomic mass is 9.88. The monoisotopic (exact) mass is 440 g/mol. The van der Waals surface area contributed by atoms with Gasteiger partial charge in [-0.05, 0) is 56.3 Å². The van der Waals surface area contributed by atoms with Gasteiger partial charge in [0.1, 0.15) is 0 Å². The van der Waals surface area contributed by atoms with E-state index in [1.807, 2.05) is 11.4 Å². The third-order valence-electron chi connectivity index (χ3n) is 6.27. The number of aromatic nitrogens is 1. The van der Waals surface area contributed by atoms with E-state index in [4.69, 9.17) is 0 Å². The summed E-state index contributed by atoms with van der Waals surface area (Å²) in [5, 5.41) is 8.53. The van der Waals surface area contributed by atoms with E-state index >= 15 is 0 Å². The van der Waals surface area contributed by atoms with Crippen LogP contribution in [0.1, 0.15) is 67.9 Å². The average Bonchev–Trinajstić information content (AvgIpc) is 3.21. The molecule has 166 valence electrons. The van der Waals surface area contributed by atoms with Crippen molar-refractivity contribution in [3.8, 4) is 0 Å². The molecule has 31 heavy (non-hydrogen) atoms. The number of hydrogen-bond donors (Lipinski definition) is 2. The lowest BCUT2D eigenvalue weighted by Gasteiger charge is -2.30. The highest BCUT2D eigenvalue weighted by atomic mass is 32.1. The van der Waals surface area contributed by atoms with E-state index in [0.717, 1.165) is 56.9 Å². The molecule has 1 unspecified atom stereocenters. The summed E-state index contributed by atoms with van der Waals surface area (Å²) in [6, 6.07) is 7.13. The molecule has 1 aromatic carbocycles. The van der Waals surface area contributed by atoms with Crippen LogP contribution in [-0.2, 0) is 11.3 Å². The maximum Gasteiger partial charge on any atom is 0.257 e. The first-order chi connectivity index (χ1) is 15.1. The number of likely N-dealkylation sites (tertiary alicyclic amines) is 1. The van der Waals surface area contributed by atoms with E-state index in [2.05, 4.69) is 27.4 Å². The number of piperidine rings is 1. The Morgan fingerprint density at radius 1 is 1.13 bits per heavy atom. The maximum atomic E-state index is 12.7. The van der Waals surface area contributed by atoms with Gasteiger partial charge in [0.05, 0.1) is 5.69 Å². The number of nitrogens with one attached hydrogen (secondary N) is 2. The van der Waals surface area contributed by atoms with Gasteiger partial charge in [-0.25, -0.2) is 4.98 Å². The molecule has 2 fully saturated rings. The molecule has 2 amide bonds. The highest BCUT2D eigenvalue weighted by Gasteiger charge is 2.21. The molecule has 7 heteroatoms. The number of carbonyl (C=O) groups is 2. The summed E-state index contributed by atoms with van der Waals surface area (Å²) in [4.78, 5) is 32.3. The zero-order valence-corrected chi connectivity index (χ0v) is 19.0. The van der Waals surface area contributed by atoms with Crippen LogP contribution in [0.5, 0.6) is 0 Å². The maximum absolute atomic E-state index is 12.7. The van der Waals surface area contributed by atoms with Crippen molar-refractivity contribution in [1.29, 1.82) is 0 Å². The van der Waals surface area contributed by atoms with Crippen LogP contribution in [0, 0.1) is 11.8 Å². The molecule has 1 aliphatic heterocycles. The fourth-order valence-electron chi connectivity index (χ4n) is 4.61. The average molecular weight is 441 g/mol. The number of amides is 2. The summed E-state index contributed by atoms with van der Waals surface area (Å²) in [6.45, 7) is 5.35. The molecule has 1 saturated carbocycles. The predicted molar refractivity (Wildman–Crippen MR) is 125 cm³/mol. The van der Waals surface area contributed by atoms with E-state index in [-0.39, 0.29) is 17.7 Å². The summed E-state index contributed by atoms with van der Waals surface area (Å²) < 4.78 is 0. The minimum Gasteiger partial charge on any atom is -0.326 e. The summed E-state index contributed by atoms with van der Waals surface area (Å²) in [6.07, 6.45) is 7.90. The van der Waals surface area contributed by atoms with Gasteiger partial charge in [0, 0.05) is 35.6 Å². The molecule has 2 aliphatic rings. The Morgan fingerprint density at radius 2 is 1.97 bits per heavy atom. The molecular weight excluding hydrogens is 408 g/mol. The predicted octanol–water partition coefficient (Wildman–Crippen LogP) is 5.15. The lowest BCUT2D eigenvalue weighted by Crippen LogP contribution is -2.33. The van der Waals surface area contributed by atoms with Gasteiger partial charge in [-0.3, -0.25) is 19.8 Å². The van der Waals surface area contributed by atoms with Gasteiger partial charge >= 0.3 is 0 Å². The molecule has 1 saturated heterocycles. The molecule has 6 nitrogen and oxygen atoms in total. The largest absolute Gasteiger partial charge is 0.326 e. The minimum absolute atomic E-state index is 0.0638. The normalized spacial score (nSPS) is 20.4. The second-order valence-corrected chi connectivity index (χ2v) is 9.84. The van der Waals surface area contributed by atoms with Gasteiger partial charge in [-0.1, -0.05) is 32.3 Å². The molecule has 1 atom stereocenters. The van der Waals surface area contributed by atoms with Crippen molar-refractivity contribution < 1.29 is 9.59 Å². The molecule has 2 aromatic rings.